The zero-order chi connectivity index (χ0) is 10.7. The second-order valence-electron chi connectivity index (χ2n) is 4.04. The van der Waals surface area contributed by atoms with Crippen LogP contribution in [0.4, 0.5) is 0 Å². The van der Waals surface area contributed by atoms with Crippen molar-refractivity contribution in [2.75, 3.05) is 0 Å². The molecule has 0 aromatic heterocycles. The van der Waals surface area contributed by atoms with E-state index in [1.165, 1.54) is 0 Å². The smallest absolute Gasteiger partial charge is 0.123 e. The minimum atomic E-state index is 0.164. The van der Waals surface area contributed by atoms with Crippen molar-refractivity contribution in [1.29, 1.82) is 0 Å². The number of phenols is 1. The highest BCUT2D eigenvalue weighted by molar-refractivity contribution is 5.41. The van der Waals surface area contributed by atoms with Crippen LogP contribution >= 0.6 is 0 Å². The van der Waals surface area contributed by atoms with Gasteiger partial charge in [-0.05, 0) is 38.0 Å². The van der Waals surface area contributed by atoms with Crippen LogP contribution in [-0.4, -0.2) is 11.2 Å². The molecule has 0 spiro atoms. The van der Waals surface area contributed by atoms with E-state index in [9.17, 15) is 5.11 Å². The van der Waals surface area contributed by atoms with Gasteiger partial charge >= 0.3 is 0 Å². The summed E-state index contributed by atoms with van der Waals surface area (Å²) in [4.78, 5) is 0. The summed E-state index contributed by atoms with van der Waals surface area (Å²) in [5.41, 5.74) is 1.05. The number of hydrogen-bond donors (Lipinski definition) is 1. The van der Waals surface area contributed by atoms with E-state index in [4.69, 9.17) is 4.74 Å². The number of rotatable bonds is 3. The molecule has 1 aromatic carbocycles. The summed E-state index contributed by atoms with van der Waals surface area (Å²) in [6, 6.07) is 5.25. The largest absolute Gasteiger partial charge is 0.508 e. The third kappa shape index (κ3) is 2.66. The second kappa shape index (κ2) is 4.36. The van der Waals surface area contributed by atoms with Gasteiger partial charge in [-0.15, -0.1) is 0 Å². The number of hydrogen-bond acceptors (Lipinski definition) is 2. The Hall–Kier alpha value is -1.18. The van der Waals surface area contributed by atoms with Crippen LogP contribution in [0.5, 0.6) is 11.5 Å². The molecule has 0 radical (unpaired) electrons. The Morgan fingerprint density at radius 2 is 1.79 bits per heavy atom. The molecule has 78 valence electrons. The Morgan fingerprint density at radius 1 is 1.14 bits per heavy atom. The Kier molecular flexibility index (Phi) is 3.39. The molecule has 0 fully saturated rings. The highest BCUT2D eigenvalue weighted by Crippen LogP contribution is 2.30. The van der Waals surface area contributed by atoms with Crippen molar-refractivity contribution in [3.05, 3.63) is 23.8 Å². The fraction of sp³-hybridized carbons (Fsp3) is 0.500. The fourth-order valence-corrected chi connectivity index (χ4v) is 1.35. The molecule has 0 bridgehead atoms. The van der Waals surface area contributed by atoms with Crippen LogP contribution in [0, 0.1) is 0 Å². The van der Waals surface area contributed by atoms with Gasteiger partial charge in [-0.3, -0.25) is 0 Å². The molecule has 1 rings (SSSR count). The second-order valence-corrected chi connectivity index (χ2v) is 4.04. The molecule has 0 saturated heterocycles. The van der Waals surface area contributed by atoms with Gasteiger partial charge in [-0.2, -0.15) is 0 Å². The Bertz CT molecular complexity index is 303. The molecule has 0 aliphatic heterocycles. The average molecular weight is 194 g/mol. The maximum atomic E-state index is 9.36. The molecule has 1 aromatic rings. The summed E-state index contributed by atoms with van der Waals surface area (Å²) in [7, 11) is 0. The van der Waals surface area contributed by atoms with Crippen LogP contribution < -0.4 is 4.74 Å². The lowest BCUT2D eigenvalue weighted by molar-refractivity contribution is 0.239. The molecule has 0 amide bonds. The van der Waals surface area contributed by atoms with Gasteiger partial charge in [0.1, 0.15) is 11.5 Å². The van der Waals surface area contributed by atoms with E-state index in [-0.39, 0.29) is 6.10 Å². The Morgan fingerprint density at radius 3 is 2.29 bits per heavy atom. The van der Waals surface area contributed by atoms with E-state index in [0.29, 0.717) is 11.7 Å². The van der Waals surface area contributed by atoms with Crippen molar-refractivity contribution in [3.63, 3.8) is 0 Å². The van der Waals surface area contributed by atoms with Crippen molar-refractivity contribution in [1.82, 2.24) is 0 Å². The standard InChI is InChI=1S/C12H18O2/c1-8(2)11-7-10(13)5-6-12(11)14-9(3)4/h5-9,13H,1-4H3. The van der Waals surface area contributed by atoms with E-state index in [1.807, 2.05) is 19.9 Å². The van der Waals surface area contributed by atoms with Crippen LogP contribution in [0.25, 0.3) is 0 Å². The topological polar surface area (TPSA) is 29.5 Å². The first kappa shape index (κ1) is 10.9. The van der Waals surface area contributed by atoms with Crippen molar-refractivity contribution >= 4 is 0 Å². The number of phenolic OH excluding ortho intramolecular Hbond substituents is 1. The normalized spacial score (nSPS) is 11.0. The summed E-state index contributed by atoms with van der Waals surface area (Å²) in [6.07, 6.45) is 0.164. The van der Waals surface area contributed by atoms with Gasteiger partial charge in [0, 0.05) is 5.56 Å². The van der Waals surface area contributed by atoms with Crippen LogP contribution in [0.3, 0.4) is 0 Å². The number of ether oxygens (including phenoxy) is 1. The van der Waals surface area contributed by atoms with E-state index in [0.717, 1.165) is 11.3 Å². The summed E-state index contributed by atoms with van der Waals surface area (Å²) >= 11 is 0. The summed E-state index contributed by atoms with van der Waals surface area (Å²) in [5, 5.41) is 9.36. The molecule has 0 aliphatic rings. The fourth-order valence-electron chi connectivity index (χ4n) is 1.35. The zero-order valence-electron chi connectivity index (χ0n) is 9.24. The SMILES string of the molecule is CC(C)Oc1ccc(O)cc1C(C)C. The lowest BCUT2D eigenvalue weighted by Crippen LogP contribution is -2.07. The van der Waals surface area contributed by atoms with Crippen LogP contribution in [0.2, 0.25) is 0 Å². The lowest BCUT2D eigenvalue weighted by atomic mass is 10.0. The van der Waals surface area contributed by atoms with Crippen molar-refractivity contribution in [2.45, 2.75) is 39.7 Å². The summed E-state index contributed by atoms with van der Waals surface area (Å²) in [5.74, 6) is 1.52. The van der Waals surface area contributed by atoms with E-state index in [2.05, 4.69) is 13.8 Å². The lowest BCUT2D eigenvalue weighted by Gasteiger charge is -2.16. The Balaban J connectivity index is 3.02. The molecule has 14 heavy (non-hydrogen) atoms. The molecule has 2 nitrogen and oxygen atoms in total. The first-order valence-electron chi connectivity index (χ1n) is 5.00. The van der Waals surface area contributed by atoms with E-state index >= 15 is 0 Å². The van der Waals surface area contributed by atoms with Crippen LogP contribution in [0.15, 0.2) is 18.2 Å². The van der Waals surface area contributed by atoms with Gasteiger partial charge < -0.3 is 9.84 Å². The van der Waals surface area contributed by atoms with E-state index in [1.54, 1.807) is 12.1 Å². The third-order valence-corrected chi connectivity index (χ3v) is 1.98. The van der Waals surface area contributed by atoms with Crippen molar-refractivity contribution in [2.24, 2.45) is 0 Å². The molecule has 0 heterocycles. The zero-order valence-corrected chi connectivity index (χ0v) is 9.24. The monoisotopic (exact) mass is 194 g/mol. The maximum absolute atomic E-state index is 9.36. The summed E-state index contributed by atoms with van der Waals surface area (Å²) < 4.78 is 5.65. The first-order valence-corrected chi connectivity index (χ1v) is 5.00. The van der Waals surface area contributed by atoms with Gasteiger partial charge in [0.15, 0.2) is 0 Å². The number of aromatic hydroxyl groups is 1. The van der Waals surface area contributed by atoms with Gasteiger partial charge in [0.25, 0.3) is 0 Å². The molecule has 2 heteroatoms. The number of benzene rings is 1. The van der Waals surface area contributed by atoms with Gasteiger partial charge in [0.05, 0.1) is 6.10 Å². The van der Waals surface area contributed by atoms with Gasteiger partial charge in [-0.1, -0.05) is 13.8 Å². The molecular weight excluding hydrogens is 176 g/mol. The molecule has 0 aliphatic carbocycles. The molecule has 0 saturated carbocycles. The molecule has 0 atom stereocenters. The predicted octanol–water partition coefficient (Wildman–Crippen LogP) is 3.30. The van der Waals surface area contributed by atoms with Crippen LogP contribution in [0.1, 0.15) is 39.2 Å². The maximum Gasteiger partial charge on any atom is 0.123 e. The Labute approximate surface area is 85.5 Å². The highest BCUT2D eigenvalue weighted by Gasteiger charge is 2.09. The van der Waals surface area contributed by atoms with Gasteiger partial charge in [-0.25, -0.2) is 0 Å². The first-order chi connectivity index (χ1) is 6.50. The highest BCUT2D eigenvalue weighted by atomic mass is 16.5. The average Bonchev–Trinajstić information content (AvgIpc) is 2.07. The third-order valence-electron chi connectivity index (χ3n) is 1.98. The molecule has 0 unspecified atom stereocenters. The van der Waals surface area contributed by atoms with Crippen molar-refractivity contribution < 1.29 is 9.84 Å². The van der Waals surface area contributed by atoms with Gasteiger partial charge in [0.2, 0.25) is 0 Å². The predicted molar refractivity (Wildman–Crippen MR) is 58.0 cm³/mol. The molecule has 1 N–H and O–H groups in total. The van der Waals surface area contributed by atoms with E-state index < -0.39 is 0 Å². The quantitative estimate of drug-likeness (QED) is 0.800. The minimum absolute atomic E-state index is 0.164. The van der Waals surface area contributed by atoms with Crippen molar-refractivity contribution in [3.8, 4) is 11.5 Å². The van der Waals surface area contributed by atoms with Crippen LogP contribution in [-0.2, 0) is 0 Å². The minimum Gasteiger partial charge on any atom is -0.508 e. The molecular formula is C12H18O2. The summed E-state index contributed by atoms with van der Waals surface area (Å²) in [6.45, 7) is 8.16.